The molecule has 0 spiro atoms. The zero-order valence-corrected chi connectivity index (χ0v) is 20.2. The average Bonchev–Trinajstić information content (AvgIpc) is 2.78. The lowest BCUT2D eigenvalue weighted by Crippen LogP contribution is -2.51. The molecule has 31 heavy (non-hydrogen) atoms. The minimum atomic E-state index is -0.407. The summed E-state index contributed by atoms with van der Waals surface area (Å²) in [4.78, 5) is 6.89. The Morgan fingerprint density at radius 1 is 1.32 bits per heavy atom. The predicted molar refractivity (Wildman–Crippen MR) is 133 cm³/mol. The van der Waals surface area contributed by atoms with Gasteiger partial charge >= 0.3 is 0 Å². The van der Waals surface area contributed by atoms with Crippen LogP contribution in [0.25, 0.3) is 0 Å². The van der Waals surface area contributed by atoms with Crippen LogP contribution in [0.5, 0.6) is 5.75 Å². The predicted octanol–water partition coefficient (Wildman–Crippen LogP) is 4.05. The first-order chi connectivity index (χ1) is 14.6. The fraction of sp³-hybridized carbons (Fsp3) is 0.391. The van der Waals surface area contributed by atoms with Gasteiger partial charge in [-0.15, -0.1) is 24.0 Å². The normalized spacial score (nSPS) is 16.1. The van der Waals surface area contributed by atoms with E-state index in [0.29, 0.717) is 23.6 Å². The Balaban J connectivity index is 0.00000341. The van der Waals surface area contributed by atoms with Crippen LogP contribution in [0, 0.1) is 17.1 Å². The number of piperidine rings is 1. The lowest BCUT2D eigenvalue weighted by molar-refractivity contribution is 0.414. The number of ether oxygens (including phenoxy) is 1. The van der Waals surface area contributed by atoms with Gasteiger partial charge in [-0.1, -0.05) is 12.1 Å². The molecule has 166 valence electrons. The minimum Gasteiger partial charge on any atom is -0.497 e. The Bertz CT molecular complexity index is 930. The van der Waals surface area contributed by atoms with E-state index < -0.39 is 5.82 Å². The van der Waals surface area contributed by atoms with E-state index in [1.165, 1.54) is 6.07 Å². The summed E-state index contributed by atoms with van der Waals surface area (Å²) in [7, 11) is 1.68. The smallest absolute Gasteiger partial charge is 0.191 e. The molecule has 0 amide bonds. The molecule has 2 aromatic rings. The third-order valence-electron chi connectivity index (χ3n) is 5.11. The summed E-state index contributed by atoms with van der Waals surface area (Å²) in [5.74, 6) is 1.11. The molecule has 0 radical (unpaired) electrons. The van der Waals surface area contributed by atoms with Gasteiger partial charge in [0.2, 0.25) is 0 Å². The van der Waals surface area contributed by atoms with Crippen molar-refractivity contribution in [3.63, 3.8) is 0 Å². The van der Waals surface area contributed by atoms with Crippen LogP contribution in [0.15, 0.2) is 47.5 Å². The molecule has 0 saturated carbocycles. The average molecular weight is 537 g/mol. The summed E-state index contributed by atoms with van der Waals surface area (Å²) in [6.45, 7) is 4.77. The van der Waals surface area contributed by atoms with Gasteiger partial charge in [-0.3, -0.25) is 0 Å². The Morgan fingerprint density at radius 3 is 2.87 bits per heavy atom. The zero-order valence-electron chi connectivity index (χ0n) is 17.9. The van der Waals surface area contributed by atoms with E-state index in [9.17, 15) is 4.39 Å². The fourth-order valence-electron chi connectivity index (χ4n) is 3.56. The van der Waals surface area contributed by atoms with Crippen molar-refractivity contribution in [2.45, 2.75) is 32.4 Å². The summed E-state index contributed by atoms with van der Waals surface area (Å²) in [5.41, 5.74) is 1.92. The van der Waals surface area contributed by atoms with Crippen molar-refractivity contribution >= 4 is 35.6 Å². The lowest BCUT2D eigenvalue weighted by Gasteiger charge is -2.35. The van der Waals surface area contributed by atoms with Gasteiger partial charge in [-0.25, -0.2) is 9.38 Å². The second kappa shape index (κ2) is 12.3. The number of anilines is 1. The van der Waals surface area contributed by atoms with Crippen molar-refractivity contribution in [3.05, 3.63) is 59.4 Å². The Labute approximate surface area is 200 Å². The lowest BCUT2D eigenvalue weighted by atomic mass is 10.0. The van der Waals surface area contributed by atoms with Crippen LogP contribution in [0.1, 0.15) is 30.9 Å². The Hall–Kier alpha value is -2.54. The highest BCUT2D eigenvalue weighted by atomic mass is 127. The number of nitrogens with one attached hydrogen (secondary N) is 2. The summed E-state index contributed by atoms with van der Waals surface area (Å²) < 4.78 is 19.5. The maximum atomic E-state index is 14.2. The first-order valence-corrected chi connectivity index (χ1v) is 10.2. The molecule has 0 aliphatic carbocycles. The largest absolute Gasteiger partial charge is 0.497 e. The number of halogens is 2. The maximum Gasteiger partial charge on any atom is 0.191 e. The monoisotopic (exact) mass is 537 g/mol. The minimum absolute atomic E-state index is 0. The standard InChI is InChI=1S/C23H28FN5O.HI/c1-3-26-23(27-15-18-10-9-17(14-25)12-22(18)24)28-19-6-5-11-29(16-19)20-7-4-8-21(13-20)30-2;/h4,7-10,12-13,19H,3,5-6,11,15-16H2,1-2H3,(H2,26,27,28);1H. The number of aliphatic imine (C=N–C) groups is 1. The van der Waals surface area contributed by atoms with Crippen LogP contribution in [0.3, 0.4) is 0 Å². The van der Waals surface area contributed by atoms with E-state index in [0.717, 1.165) is 37.4 Å². The van der Waals surface area contributed by atoms with E-state index in [1.807, 2.05) is 25.1 Å². The Kier molecular flexibility index (Phi) is 9.85. The second-order valence-electron chi connectivity index (χ2n) is 7.24. The molecule has 6 nitrogen and oxygen atoms in total. The van der Waals surface area contributed by atoms with Crippen molar-refractivity contribution < 1.29 is 9.13 Å². The third-order valence-corrected chi connectivity index (χ3v) is 5.11. The number of hydrogen-bond acceptors (Lipinski definition) is 4. The van der Waals surface area contributed by atoms with Gasteiger partial charge in [0, 0.05) is 43.0 Å². The summed E-state index contributed by atoms with van der Waals surface area (Å²) in [6, 6.07) is 14.7. The third kappa shape index (κ3) is 6.99. The number of rotatable bonds is 6. The molecule has 1 fully saturated rings. The SMILES string of the molecule is CCNC(=NCc1ccc(C#N)cc1F)NC1CCCN(c2cccc(OC)c2)C1.I. The molecule has 2 aromatic carbocycles. The first-order valence-electron chi connectivity index (χ1n) is 10.2. The molecular weight excluding hydrogens is 508 g/mol. The molecular formula is C23H29FIN5O. The highest BCUT2D eigenvalue weighted by molar-refractivity contribution is 14.0. The first kappa shape index (κ1) is 24.7. The van der Waals surface area contributed by atoms with Crippen LogP contribution in [0.2, 0.25) is 0 Å². The zero-order chi connectivity index (χ0) is 21.3. The highest BCUT2D eigenvalue weighted by Crippen LogP contribution is 2.24. The van der Waals surface area contributed by atoms with E-state index in [1.54, 1.807) is 19.2 Å². The van der Waals surface area contributed by atoms with Crippen molar-refractivity contribution in [2.75, 3.05) is 31.6 Å². The molecule has 1 unspecified atom stereocenters. The number of benzene rings is 2. The van der Waals surface area contributed by atoms with Crippen molar-refractivity contribution in [1.82, 2.24) is 10.6 Å². The van der Waals surface area contributed by atoms with E-state index in [4.69, 9.17) is 10.00 Å². The molecule has 1 heterocycles. The van der Waals surface area contributed by atoms with Crippen molar-refractivity contribution in [1.29, 1.82) is 5.26 Å². The summed E-state index contributed by atoms with van der Waals surface area (Å²) >= 11 is 0. The van der Waals surface area contributed by atoms with Crippen molar-refractivity contribution in [2.24, 2.45) is 4.99 Å². The molecule has 2 N–H and O–H groups in total. The van der Waals surface area contributed by atoms with E-state index in [2.05, 4.69) is 32.7 Å². The second-order valence-corrected chi connectivity index (χ2v) is 7.24. The molecule has 1 saturated heterocycles. The molecule has 1 aliphatic heterocycles. The molecule has 1 atom stereocenters. The maximum absolute atomic E-state index is 14.2. The van der Waals surface area contributed by atoms with Gasteiger partial charge in [0.1, 0.15) is 11.6 Å². The van der Waals surface area contributed by atoms with E-state index in [-0.39, 0.29) is 36.6 Å². The van der Waals surface area contributed by atoms with Crippen LogP contribution in [-0.2, 0) is 6.54 Å². The van der Waals surface area contributed by atoms with Gasteiger partial charge in [-0.05, 0) is 44.0 Å². The molecule has 0 aromatic heterocycles. The molecule has 1 aliphatic rings. The Morgan fingerprint density at radius 2 is 2.16 bits per heavy atom. The van der Waals surface area contributed by atoms with Gasteiger partial charge in [0.05, 0.1) is 25.3 Å². The van der Waals surface area contributed by atoms with E-state index >= 15 is 0 Å². The number of guanidine groups is 1. The van der Waals surface area contributed by atoms with Gasteiger partial charge in [-0.2, -0.15) is 5.26 Å². The quantitative estimate of drug-likeness (QED) is 0.331. The van der Waals surface area contributed by atoms with Crippen molar-refractivity contribution in [3.8, 4) is 11.8 Å². The van der Waals surface area contributed by atoms with Crippen LogP contribution in [0.4, 0.5) is 10.1 Å². The fourth-order valence-corrected chi connectivity index (χ4v) is 3.56. The van der Waals surface area contributed by atoms with Gasteiger partial charge < -0.3 is 20.3 Å². The van der Waals surface area contributed by atoms with Crippen LogP contribution in [-0.4, -0.2) is 38.7 Å². The number of methoxy groups -OCH3 is 1. The van der Waals surface area contributed by atoms with Gasteiger partial charge in [0.25, 0.3) is 0 Å². The van der Waals surface area contributed by atoms with Crippen LogP contribution >= 0.6 is 24.0 Å². The number of nitrogens with zero attached hydrogens (tertiary/aromatic N) is 3. The molecule has 8 heteroatoms. The van der Waals surface area contributed by atoms with Gasteiger partial charge in [0.15, 0.2) is 5.96 Å². The number of nitriles is 1. The number of hydrogen-bond donors (Lipinski definition) is 2. The summed E-state index contributed by atoms with van der Waals surface area (Å²) in [5, 5.41) is 15.6. The molecule has 3 rings (SSSR count). The summed E-state index contributed by atoms with van der Waals surface area (Å²) in [6.07, 6.45) is 2.11. The highest BCUT2D eigenvalue weighted by Gasteiger charge is 2.21. The molecule has 0 bridgehead atoms. The topological polar surface area (TPSA) is 72.7 Å². The van der Waals surface area contributed by atoms with Crippen LogP contribution < -0.4 is 20.3 Å².